The number of rotatable bonds is 6. The van der Waals surface area contributed by atoms with E-state index in [1.165, 1.54) is 23.1 Å². The Morgan fingerprint density at radius 3 is 2.54 bits per heavy atom. The molecule has 1 aliphatic carbocycles. The van der Waals surface area contributed by atoms with E-state index in [-0.39, 0.29) is 37.4 Å². The summed E-state index contributed by atoms with van der Waals surface area (Å²) < 4.78 is 68.8. The van der Waals surface area contributed by atoms with Crippen LogP contribution in [0.25, 0.3) is 0 Å². The zero-order chi connectivity index (χ0) is 28.2. The molecule has 0 radical (unpaired) electrons. The molecule has 5 rings (SSSR count). The van der Waals surface area contributed by atoms with Crippen molar-refractivity contribution in [2.45, 2.75) is 74.8 Å². The maximum Gasteiger partial charge on any atom is 0.426 e. The normalized spacial score (nSPS) is 26.4. The predicted octanol–water partition coefficient (Wildman–Crippen LogP) is 3.98. The van der Waals surface area contributed by atoms with E-state index in [4.69, 9.17) is 0 Å². The van der Waals surface area contributed by atoms with Crippen molar-refractivity contribution in [1.82, 2.24) is 14.8 Å². The van der Waals surface area contributed by atoms with Crippen LogP contribution in [0, 0.1) is 5.82 Å². The Bertz CT molecular complexity index is 1270. The summed E-state index contributed by atoms with van der Waals surface area (Å²) in [7, 11) is 0. The van der Waals surface area contributed by atoms with Gasteiger partial charge in [0.1, 0.15) is 11.9 Å². The first-order chi connectivity index (χ1) is 18.4. The van der Waals surface area contributed by atoms with Crippen molar-refractivity contribution in [3.05, 3.63) is 64.7 Å². The molecule has 2 aliphatic heterocycles. The van der Waals surface area contributed by atoms with Gasteiger partial charge in [-0.25, -0.2) is 8.78 Å². The second-order valence-corrected chi connectivity index (χ2v) is 10.9. The van der Waals surface area contributed by atoms with Crippen LogP contribution in [-0.2, 0) is 33.5 Å². The Morgan fingerprint density at radius 1 is 1.15 bits per heavy atom. The van der Waals surface area contributed by atoms with Crippen molar-refractivity contribution in [3.8, 4) is 0 Å². The lowest BCUT2D eigenvalue weighted by Crippen LogP contribution is -2.54. The summed E-state index contributed by atoms with van der Waals surface area (Å²) in [5, 5.41) is 9.41. The molecule has 4 atom stereocenters. The average Bonchev–Trinajstić information content (AvgIpc) is 3.45. The molecule has 2 aromatic rings. The number of aromatic nitrogens is 1. The quantitative estimate of drug-likeness (QED) is 0.552. The Balaban J connectivity index is 1.54. The molecule has 0 spiro atoms. The number of aliphatic hydroxyl groups is 1. The highest BCUT2D eigenvalue weighted by Crippen LogP contribution is 2.50. The first-order valence-electron chi connectivity index (χ1n) is 13.1. The van der Waals surface area contributed by atoms with Gasteiger partial charge in [0, 0.05) is 42.7 Å². The maximum absolute atomic E-state index is 14.8. The number of nitrogens with zero attached hydrogens (tertiary/aromatic N) is 3. The number of benzene rings is 1. The molecule has 1 aromatic heterocycles. The molecule has 0 bridgehead atoms. The molecule has 1 aromatic carbocycles. The third kappa shape index (κ3) is 4.58. The van der Waals surface area contributed by atoms with E-state index < -0.39 is 34.7 Å². The smallest absolute Gasteiger partial charge is 0.395 e. The van der Waals surface area contributed by atoms with Crippen molar-refractivity contribution in [2.24, 2.45) is 0 Å². The minimum Gasteiger partial charge on any atom is -0.395 e. The van der Waals surface area contributed by atoms with Crippen molar-refractivity contribution in [3.63, 3.8) is 0 Å². The van der Waals surface area contributed by atoms with Gasteiger partial charge in [-0.2, -0.15) is 13.2 Å². The Morgan fingerprint density at radius 2 is 1.87 bits per heavy atom. The fourth-order valence-electron chi connectivity index (χ4n) is 6.60. The molecule has 6 nitrogen and oxygen atoms in total. The van der Waals surface area contributed by atoms with E-state index in [0.717, 1.165) is 11.8 Å². The van der Waals surface area contributed by atoms with Crippen LogP contribution in [0.15, 0.2) is 36.5 Å². The predicted molar refractivity (Wildman–Crippen MR) is 131 cm³/mol. The topological polar surface area (TPSA) is 73.7 Å². The molecular weight excluding hydrogens is 521 g/mol. The zero-order valence-electron chi connectivity index (χ0n) is 21.5. The number of alkyl halides is 4. The third-order valence-corrected chi connectivity index (χ3v) is 8.68. The summed E-state index contributed by atoms with van der Waals surface area (Å²) in [5.41, 5.74) is -3.12. The number of halogens is 5. The Labute approximate surface area is 222 Å². The van der Waals surface area contributed by atoms with Crippen LogP contribution in [-0.4, -0.2) is 69.7 Å². The van der Waals surface area contributed by atoms with Gasteiger partial charge in [-0.15, -0.1) is 0 Å². The Kier molecular flexibility index (Phi) is 6.93. The number of aliphatic hydroxyl groups excluding tert-OH is 1. The van der Waals surface area contributed by atoms with Gasteiger partial charge in [-0.1, -0.05) is 12.1 Å². The van der Waals surface area contributed by atoms with Gasteiger partial charge < -0.3 is 14.9 Å². The number of pyridine rings is 1. The van der Waals surface area contributed by atoms with Crippen LogP contribution in [0.3, 0.4) is 0 Å². The summed E-state index contributed by atoms with van der Waals surface area (Å²) in [6.45, 7) is 0.614. The number of hydrogen-bond donors (Lipinski definition) is 1. The molecule has 3 heterocycles. The third-order valence-electron chi connectivity index (χ3n) is 8.68. The fraction of sp³-hybridized carbons (Fsp3) is 0.536. The minimum atomic E-state index is -5.11. The van der Waals surface area contributed by atoms with Crippen LogP contribution in [0.1, 0.15) is 55.0 Å². The summed E-state index contributed by atoms with van der Waals surface area (Å²) in [6, 6.07) is 6.10. The number of β-amino-alcohol motifs (C(OH)–C–C–N with tert-alkyl or cyclic N) is 1. The highest BCUT2D eigenvalue weighted by molar-refractivity contribution is 5.91. The number of likely N-dealkylation sites (tertiary alicyclic amines) is 2. The van der Waals surface area contributed by atoms with Gasteiger partial charge in [0.2, 0.25) is 17.5 Å². The molecule has 0 saturated carbocycles. The van der Waals surface area contributed by atoms with E-state index >= 15 is 0 Å². The lowest BCUT2D eigenvalue weighted by atomic mass is 9.66. The molecular formula is C28H30F5N3O3. The second-order valence-electron chi connectivity index (χ2n) is 10.9. The minimum absolute atomic E-state index is 0.0584. The molecule has 1 N–H and O–H groups in total. The molecule has 2 fully saturated rings. The standard InChI is InChI=1S/C28H30F5N3O3/c1-26(30,28(31,32)33)19-14-18-4-8-22-27(24(18)34-16-19,15-17-2-5-20(29)6-3-17)10-11-36(22)25(39)21-7-9-23(38)35(21)12-13-37/h2-3,5-6,14,16,21-22,37H,4,7-13,15H2,1H3. The van der Waals surface area contributed by atoms with E-state index in [1.54, 1.807) is 17.0 Å². The lowest BCUT2D eigenvalue weighted by molar-refractivity contribution is -0.228. The zero-order valence-corrected chi connectivity index (χ0v) is 21.5. The molecule has 3 aliphatic rings. The van der Waals surface area contributed by atoms with E-state index in [9.17, 15) is 36.6 Å². The number of hydrogen-bond acceptors (Lipinski definition) is 4. The largest absolute Gasteiger partial charge is 0.426 e. The molecule has 2 saturated heterocycles. The fourth-order valence-corrected chi connectivity index (χ4v) is 6.60. The molecule has 210 valence electrons. The highest BCUT2D eigenvalue weighted by atomic mass is 19.4. The van der Waals surface area contributed by atoms with Crippen LogP contribution >= 0.6 is 0 Å². The first kappa shape index (κ1) is 27.5. The summed E-state index contributed by atoms with van der Waals surface area (Å²) in [4.78, 5) is 33.7. The van der Waals surface area contributed by atoms with Crippen LogP contribution in [0.5, 0.6) is 0 Å². The van der Waals surface area contributed by atoms with Crippen molar-refractivity contribution in [2.75, 3.05) is 19.7 Å². The second kappa shape index (κ2) is 9.83. The van der Waals surface area contributed by atoms with Gasteiger partial charge in [0.15, 0.2) is 0 Å². The molecule has 2 amide bonds. The summed E-state index contributed by atoms with van der Waals surface area (Å²) >= 11 is 0. The van der Waals surface area contributed by atoms with Crippen molar-refractivity contribution >= 4 is 11.8 Å². The average molecular weight is 552 g/mol. The van der Waals surface area contributed by atoms with E-state index in [1.807, 2.05) is 0 Å². The maximum atomic E-state index is 14.8. The number of fused-ring (bicyclic) bond motifs is 3. The van der Waals surface area contributed by atoms with Gasteiger partial charge >= 0.3 is 6.18 Å². The number of aryl methyl sites for hydroxylation is 1. The lowest BCUT2D eigenvalue weighted by Gasteiger charge is -2.43. The number of amides is 2. The van der Waals surface area contributed by atoms with E-state index in [2.05, 4.69) is 4.98 Å². The molecule has 39 heavy (non-hydrogen) atoms. The van der Waals surface area contributed by atoms with Crippen molar-refractivity contribution < 1.29 is 36.6 Å². The SMILES string of the molecule is CC(F)(c1cnc2c(c1)CCC1N(C(=O)C3CCC(=O)N3CCO)CCC21Cc1ccc(F)cc1)C(F)(F)F. The van der Waals surface area contributed by atoms with Crippen molar-refractivity contribution in [1.29, 1.82) is 0 Å². The van der Waals surface area contributed by atoms with Gasteiger partial charge in [-0.3, -0.25) is 14.6 Å². The number of carbonyl (C=O) groups excluding carboxylic acids is 2. The van der Waals surface area contributed by atoms with Crippen LogP contribution in [0.2, 0.25) is 0 Å². The summed E-state index contributed by atoms with van der Waals surface area (Å²) in [5.74, 6) is -0.831. The van der Waals surface area contributed by atoms with Gasteiger partial charge in [0.25, 0.3) is 0 Å². The Hall–Kier alpha value is -3.08. The van der Waals surface area contributed by atoms with Gasteiger partial charge in [0.05, 0.1) is 12.3 Å². The molecule has 4 unspecified atom stereocenters. The first-order valence-corrected chi connectivity index (χ1v) is 13.1. The van der Waals surface area contributed by atoms with E-state index in [0.29, 0.717) is 56.8 Å². The number of carbonyl (C=O) groups is 2. The monoisotopic (exact) mass is 551 g/mol. The van der Waals surface area contributed by atoms with Crippen LogP contribution < -0.4 is 0 Å². The molecule has 11 heteroatoms. The summed E-state index contributed by atoms with van der Waals surface area (Å²) in [6.07, 6.45) is -2.09. The highest BCUT2D eigenvalue weighted by Gasteiger charge is 2.57. The van der Waals surface area contributed by atoms with Crippen LogP contribution in [0.4, 0.5) is 22.0 Å². The van der Waals surface area contributed by atoms with Gasteiger partial charge in [-0.05, 0) is 68.4 Å².